The predicted octanol–water partition coefficient (Wildman–Crippen LogP) is 3.00. The largest absolute Gasteiger partial charge is 0.489 e. The number of fused-ring (bicyclic) bond motifs is 1. The molecule has 1 saturated heterocycles. The maximum absolute atomic E-state index is 13.0. The van der Waals surface area contributed by atoms with Gasteiger partial charge in [0.25, 0.3) is 0 Å². The average Bonchev–Trinajstić information content (AvgIpc) is 3.04. The van der Waals surface area contributed by atoms with Crippen LogP contribution in [0.4, 0.5) is 0 Å². The third-order valence-corrected chi connectivity index (χ3v) is 5.11. The Bertz CT molecular complexity index is 613. The van der Waals surface area contributed by atoms with E-state index < -0.39 is 0 Å². The number of hydrogen-bond acceptors (Lipinski definition) is 4. The molecule has 0 saturated carbocycles. The van der Waals surface area contributed by atoms with Gasteiger partial charge in [0.1, 0.15) is 11.9 Å². The number of carbonyl (C=O) groups excluding carboxylic acids is 1. The molecule has 26 heavy (non-hydrogen) atoms. The SMILES string of the molecule is CCCN(CC1CCCO1)C(=O)CN1Cc2cc(C)ccc2OC(C)C1. The molecule has 2 aliphatic heterocycles. The van der Waals surface area contributed by atoms with Crippen LogP contribution in [0, 0.1) is 6.92 Å². The van der Waals surface area contributed by atoms with Crippen molar-refractivity contribution in [3.8, 4) is 5.75 Å². The van der Waals surface area contributed by atoms with Crippen LogP contribution in [0.15, 0.2) is 18.2 Å². The van der Waals surface area contributed by atoms with Crippen LogP contribution in [0.3, 0.4) is 0 Å². The van der Waals surface area contributed by atoms with Crippen LogP contribution in [0.5, 0.6) is 5.75 Å². The molecular formula is C21H32N2O3. The van der Waals surface area contributed by atoms with Gasteiger partial charge in [0.2, 0.25) is 5.91 Å². The molecule has 2 aliphatic rings. The van der Waals surface area contributed by atoms with E-state index in [4.69, 9.17) is 9.47 Å². The van der Waals surface area contributed by atoms with Crippen molar-refractivity contribution in [2.75, 3.05) is 32.8 Å². The van der Waals surface area contributed by atoms with Crippen LogP contribution < -0.4 is 4.74 Å². The minimum Gasteiger partial charge on any atom is -0.489 e. The van der Waals surface area contributed by atoms with Crippen LogP contribution in [0.2, 0.25) is 0 Å². The molecule has 1 aromatic rings. The van der Waals surface area contributed by atoms with Crippen LogP contribution in [0.1, 0.15) is 44.2 Å². The summed E-state index contributed by atoms with van der Waals surface area (Å²) in [5, 5.41) is 0. The normalized spacial score (nSPS) is 23.2. The quantitative estimate of drug-likeness (QED) is 0.782. The highest BCUT2D eigenvalue weighted by Crippen LogP contribution is 2.26. The Labute approximate surface area is 157 Å². The van der Waals surface area contributed by atoms with Crippen molar-refractivity contribution in [2.24, 2.45) is 0 Å². The van der Waals surface area contributed by atoms with E-state index >= 15 is 0 Å². The second-order valence-electron chi connectivity index (χ2n) is 7.68. The van der Waals surface area contributed by atoms with E-state index in [1.807, 2.05) is 11.0 Å². The Morgan fingerprint density at radius 3 is 2.96 bits per heavy atom. The summed E-state index contributed by atoms with van der Waals surface area (Å²) in [5.41, 5.74) is 2.39. The molecule has 1 aromatic carbocycles. The van der Waals surface area contributed by atoms with Crippen molar-refractivity contribution < 1.29 is 14.3 Å². The topological polar surface area (TPSA) is 42.0 Å². The zero-order chi connectivity index (χ0) is 18.5. The molecule has 2 atom stereocenters. The Morgan fingerprint density at radius 1 is 1.38 bits per heavy atom. The monoisotopic (exact) mass is 360 g/mol. The first-order valence-electron chi connectivity index (χ1n) is 9.93. The second-order valence-corrected chi connectivity index (χ2v) is 7.68. The molecule has 0 radical (unpaired) electrons. The Morgan fingerprint density at radius 2 is 2.23 bits per heavy atom. The third-order valence-electron chi connectivity index (χ3n) is 5.11. The molecule has 3 rings (SSSR count). The first-order valence-corrected chi connectivity index (χ1v) is 9.93. The van der Waals surface area contributed by atoms with Gasteiger partial charge >= 0.3 is 0 Å². The van der Waals surface area contributed by atoms with Crippen LogP contribution in [-0.4, -0.2) is 60.7 Å². The van der Waals surface area contributed by atoms with Crippen molar-refractivity contribution in [1.82, 2.24) is 9.80 Å². The summed E-state index contributed by atoms with van der Waals surface area (Å²) in [5.74, 6) is 1.15. The van der Waals surface area contributed by atoms with E-state index in [0.717, 1.165) is 57.8 Å². The molecule has 144 valence electrons. The van der Waals surface area contributed by atoms with Crippen LogP contribution in [0.25, 0.3) is 0 Å². The lowest BCUT2D eigenvalue weighted by molar-refractivity contribution is -0.134. The summed E-state index contributed by atoms with van der Waals surface area (Å²) >= 11 is 0. The van der Waals surface area contributed by atoms with Crippen molar-refractivity contribution in [2.45, 2.75) is 58.8 Å². The van der Waals surface area contributed by atoms with Crippen LogP contribution >= 0.6 is 0 Å². The van der Waals surface area contributed by atoms with Crippen molar-refractivity contribution >= 4 is 5.91 Å². The Balaban J connectivity index is 1.66. The number of rotatable bonds is 6. The number of nitrogens with zero attached hydrogens (tertiary/aromatic N) is 2. The van der Waals surface area contributed by atoms with E-state index in [9.17, 15) is 4.79 Å². The maximum atomic E-state index is 13.0. The van der Waals surface area contributed by atoms with Gasteiger partial charge in [-0.15, -0.1) is 0 Å². The van der Waals surface area contributed by atoms with Gasteiger partial charge in [-0.3, -0.25) is 9.69 Å². The maximum Gasteiger partial charge on any atom is 0.236 e. The van der Waals surface area contributed by atoms with Gasteiger partial charge < -0.3 is 14.4 Å². The predicted molar refractivity (Wildman–Crippen MR) is 102 cm³/mol. The van der Waals surface area contributed by atoms with E-state index in [0.29, 0.717) is 6.54 Å². The van der Waals surface area contributed by atoms with Gasteiger partial charge in [-0.05, 0) is 39.2 Å². The van der Waals surface area contributed by atoms with E-state index in [1.54, 1.807) is 0 Å². The average molecular weight is 360 g/mol. The lowest BCUT2D eigenvalue weighted by Gasteiger charge is -2.28. The zero-order valence-electron chi connectivity index (χ0n) is 16.4. The van der Waals surface area contributed by atoms with Gasteiger partial charge in [0.15, 0.2) is 0 Å². The molecule has 0 N–H and O–H groups in total. The van der Waals surface area contributed by atoms with Crippen molar-refractivity contribution in [3.63, 3.8) is 0 Å². The third kappa shape index (κ3) is 4.98. The fourth-order valence-corrected chi connectivity index (χ4v) is 3.90. The highest BCUT2D eigenvalue weighted by molar-refractivity contribution is 5.78. The number of carbonyl (C=O) groups is 1. The fraction of sp³-hybridized carbons (Fsp3) is 0.667. The number of amides is 1. The molecule has 0 aliphatic carbocycles. The van der Waals surface area contributed by atoms with Crippen molar-refractivity contribution in [1.29, 1.82) is 0 Å². The van der Waals surface area contributed by atoms with Crippen LogP contribution in [-0.2, 0) is 16.1 Å². The molecule has 2 unspecified atom stereocenters. The summed E-state index contributed by atoms with van der Waals surface area (Å²) in [6.07, 6.45) is 3.43. The van der Waals surface area contributed by atoms with Gasteiger partial charge in [0.05, 0.1) is 12.6 Å². The summed E-state index contributed by atoms with van der Waals surface area (Å²) in [7, 11) is 0. The van der Waals surface area contributed by atoms with E-state index in [2.05, 4.69) is 37.8 Å². The molecule has 0 bridgehead atoms. The molecule has 0 spiro atoms. The number of aryl methyl sites for hydroxylation is 1. The number of ether oxygens (including phenoxy) is 2. The first-order chi connectivity index (χ1) is 12.5. The Kier molecular flexibility index (Phi) is 6.54. The standard InChI is InChI=1S/C21H32N2O3/c1-4-9-23(14-19-6-5-10-25-19)21(24)15-22-12-17(3)26-20-8-7-16(2)11-18(20)13-22/h7-8,11,17,19H,4-6,9-10,12-15H2,1-3H3. The first kappa shape index (κ1) is 19.2. The molecule has 5 heteroatoms. The van der Waals surface area contributed by atoms with Gasteiger partial charge in [-0.1, -0.05) is 24.6 Å². The molecule has 5 nitrogen and oxygen atoms in total. The highest BCUT2D eigenvalue weighted by Gasteiger charge is 2.26. The fourth-order valence-electron chi connectivity index (χ4n) is 3.90. The summed E-state index contributed by atoms with van der Waals surface area (Å²) in [6, 6.07) is 6.30. The summed E-state index contributed by atoms with van der Waals surface area (Å²) in [6.45, 7) is 10.6. The smallest absolute Gasteiger partial charge is 0.236 e. The lowest BCUT2D eigenvalue weighted by atomic mass is 10.1. The zero-order valence-corrected chi connectivity index (χ0v) is 16.4. The Hall–Kier alpha value is -1.59. The molecule has 2 heterocycles. The molecule has 1 fully saturated rings. The van der Waals surface area contributed by atoms with Crippen molar-refractivity contribution in [3.05, 3.63) is 29.3 Å². The van der Waals surface area contributed by atoms with Gasteiger partial charge in [0, 0.05) is 38.3 Å². The minimum absolute atomic E-state index is 0.0737. The molecule has 1 amide bonds. The molecular weight excluding hydrogens is 328 g/mol. The lowest BCUT2D eigenvalue weighted by Crippen LogP contribution is -2.45. The van der Waals surface area contributed by atoms with E-state index in [1.165, 1.54) is 11.1 Å². The van der Waals surface area contributed by atoms with E-state index in [-0.39, 0.29) is 18.1 Å². The highest BCUT2D eigenvalue weighted by atomic mass is 16.5. The summed E-state index contributed by atoms with van der Waals surface area (Å²) < 4.78 is 11.8. The summed E-state index contributed by atoms with van der Waals surface area (Å²) in [4.78, 5) is 17.2. The number of hydrogen-bond donors (Lipinski definition) is 0. The van der Waals surface area contributed by atoms with Gasteiger partial charge in [-0.25, -0.2) is 0 Å². The number of benzene rings is 1. The second kappa shape index (κ2) is 8.87. The van der Waals surface area contributed by atoms with Gasteiger partial charge in [-0.2, -0.15) is 0 Å². The minimum atomic E-state index is 0.0737. The molecule has 0 aromatic heterocycles.